The maximum atomic E-state index is 6.22. The molecule has 0 radical (unpaired) electrons. The highest BCUT2D eigenvalue weighted by atomic mass is 16.5. The molecule has 1 N–H and O–H groups in total. The third kappa shape index (κ3) is 5.12. The zero-order chi connectivity index (χ0) is 27.6. The molecule has 6 rings (SSSR count). The Hall–Kier alpha value is -4.37. The molecule has 2 aromatic carbocycles. The molecule has 1 unspecified atom stereocenters. The largest absolute Gasteiger partial charge is 0.487 e. The van der Waals surface area contributed by atoms with E-state index in [-0.39, 0.29) is 6.04 Å². The van der Waals surface area contributed by atoms with Crippen LogP contribution in [-0.4, -0.2) is 52.8 Å². The van der Waals surface area contributed by atoms with Crippen molar-refractivity contribution in [2.45, 2.75) is 33.2 Å². The molecule has 206 valence electrons. The van der Waals surface area contributed by atoms with E-state index < -0.39 is 0 Å². The van der Waals surface area contributed by atoms with Crippen LogP contribution in [0.2, 0.25) is 0 Å². The minimum absolute atomic E-state index is 0.172. The number of rotatable bonds is 6. The van der Waals surface area contributed by atoms with Gasteiger partial charge in [-0.3, -0.25) is 0 Å². The van der Waals surface area contributed by atoms with E-state index in [1.807, 2.05) is 68.1 Å². The first-order valence-corrected chi connectivity index (χ1v) is 13.7. The molecule has 9 nitrogen and oxygen atoms in total. The molecule has 2 aromatic heterocycles. The molecule has 0 aliphatic carbocycles. The summed E-state index contributed by atoms with van der Waals surface area (Å²) in [7, 11) is 1.98. The van der Waals surface area contributed by atoms with Crippen LogP contribution in [0.4, 0.5) is 11.5 Å². The van der Waals surface area contributed by atoms with Crippen LogP contribution in [0.5, 0.6) is 17.2 Å². The minimum atomic E-state index is 0.172. The molecule has 4 heterocycles. The van der Waals surface area contributed by atoms with Crippen molar-refractivity contribution in [2.24, 2.45) is 12.0 Å². The van der Waals surface area contributed by atoms with Gasteiger partial charge in [0.05, 0.1) is 36.6 Å². The van der Waals surface area contributed by atoms with Gasteiger partial charge in [0.15, 0.2) is 17.4 Å². The number of hydrogen-bond acceptors (Lipinski definition) is 7. The number of nitrogens with one attached hydrogen (secondary N) is 1. The zero-order valence-corrected chi connectivity index (χ0v) is 23.3. The van der Waals surface area contributed by atoms with Crippen LogP contribution in [-0.2, 0) is 11.8 Å². The third-order valence-corrected chi connectivity index (χ3v) is 7.22. The number of ether oxygens (including phenoxy) is 3. The van der Waals surface area contributed by atoms with Gasteiger partial charge in [-0.2, -0.15) is 0 Å². The lowest BCUT2D eigenvalue weighted by atomic mass is 10.1. The lowest BCUT2D eigenvalue weighted by molar-refractivity contribution is 0.0697. The zero-order valence-electron chi connectivity index (χ0n) is 23.3. The highest BCUT2D eigenvalue weighted by molar-refractivity contribution is 6.08. The first kappa shape index (κ1) is 25.9. The normalized spacial score (nSPS) is 17.1. The SMILES string of the molecule is CC/C=C/N=C(Nc1ccc(Oc2ccc3c(c2)ncn3C)c(C)c1)c1nc2c(cc1C)OCC1COCCN21. The summed E-state index contributed by atoms with van der Waals surface area (Å²) in [5.41, 5.74) is 5.63. The van der Waals surface area contributed by atoms with Gasteiger partial charge in [-0.05, 0) is 67.8 Å². The number of fused-ring (bicyclic) bond motifs is 4. The average Bonchev–Trinajstić information content (AvgIpc) is 3.33. The van der Waals surface area contributed by atoms with E-state index in [1.165, 1.54) is 0 Å². The standard InChI is InChI=1S/C31H34N6O3/c1-5-6-11-32-30(29-21(3)15-28-31(35-29)37-12-13-38-17-23(37)18-39-28)34-22-7-10-27(20(2)14-22)40-24-8-9-26-25(16-24)33-19-36(26)4/h6-11,14-16,19,23H,5,12-13,17-18H2,1-4H3,(H,32,34)/b11-6+. The maximum Gasteiger partial charge on any atom is 0.172 e. The average molecular weight is 539 g/mol. The summed E-state index contributed by atoms with van der Waals surface area (Å²) in [4.78, 5) is 16.6. The first-order valence-electron chi connectivity index (χ1n) is 13.7. The number of amidine groups is 1. The Kier molecular flexibility index (Phi) is 7.13. The number of anilines is 2. The second-order valence-electron chi connectivity index (χ2n) is 10.2. The van der Waals surface area contributed by atoms with Crippen LogP contribution in [0.25, 0.3) is 11.0 Å². The number of nitrogens with zero attached hydrogens (tertiary/aromatic N) is 5. The summed E-state index contributed by atoms with van der Waals surface area (Å²) < 4.78 is 19.9. The fraction of sp³-hybridized carbons (Fsp3) is 0.323. The van der Waals surface area contributed by atoms with Crippen LogP contribution in [0.1, 0.15) is 30.2 Å². The lowest BCUT2D eigenvalue weighted by Gasteiger charge is -2.40. The Balaban J connectivity index is 1.28. The van der Waals surface area contributed by atoms with Crippen molar-refractivity contribution in [1.82, 2.24) is 14.5 Å². The van der Waals surface area contributed by atoms with E-state index in [0.29, 0.717) is 25.7 Å². The first-order chi connectivity index (χ1) is 19.5. The molecule has 1 saturated heterocycles. The number of aliphatic imine (C=N–C) groups is 1. The number of allylic oxidation sites excluding steroid dienone is 1. The molecule has 9 heteroatoms. The molecule has 2 aliphatic heterocycles. The van der Waals surface area contributed by atoms with Gasteiger partial charge >= 0.3 is 0 Å². The van der Waals surface area contributed by atoms with Crippen LogP contribution >= 0.6 is 0 Å². The van der Waals surface area contributed by atoms with E-state index in [1.54, 1.807) is 6.33 Å². The van der Waals surface area contributed by atoms with Crippen molar-refractivity contribution in [3.63, 3.8) is 0 Å². The summed E-state index contributed by atoms with van der Waals surface area (Å²) in [6.07, 6.45) is 6.55. The number of aryl methyl sites for hydroxylation is 3. The molecule has 4 aromatic rings. The smallest absolute Gasteiger partial charge is 0.172 e. The monoisotopic (exact) mass is 538 g/mol. The number of imidazole rings is 1. The fourth-order valence-electron chi connectivity index (χ4n) is 5.06. The summed E-state index contributed by atoms with van der Waals surface area (Å²) in [6.45, 7) is 8.89. The van der Waals surface area contributed by atoms with Gasteiger partial charge < -0.3 is 29.0 Å². The Bertz CT molecular complexity index is 1610. The molecule has 0 spiro atoms. The maximum absolute atomic E-state index is 6.22. The van der Waals surface area contributed by atoms with Crippen LogP contribution in [0, 0.1) is 13.8 Å². The van der Waals surface area contributed by atoms with Gasteiger partial charge in [-0.25, -0.2) is 15.0 Å². The Morgan fingerprint density at radius 2 is 2.05 bits per heavy atom. The van der Waals surface area contributed by atoms with Gasteiger partial charge in [0, 0.05) is 31.5 Å². The molecule has 0 amide bonds. The number of benzene rings is 2. The Morgan fingerprint density at radius 1 is 1.15 bits per heavy atom. The topological polar surface area (TPSA) is 86.0 Å². The van der Waals surface area contributed by atoms with E-state index in [0.717, 1.165) is 69.6 Å². The number of morpholine rings is 1. The summed E-state index contributed by atoms with van der Waals surface area (Å²) in [6, 6.07) is 14.2. The number of aromatic nitrogens is 3. The highest BCUT2D eigenvalue weighted by Crippen LogP contribution is 2.35. The van der Waals surface area contributed by atoms with Crippen molar-refractivity contribution >= 4 is 28.4 Å². The second kappa shape index (κ2) is 11.0. The molecule has 40 heavy (non-hydrogen) atoms. The van der Waals surface area contributed by atoms with Gasteiger partial charge in [-0.15, -0.1) is 0 Å². The summed E-state index contributed by atoms with van der Waals surface area (Å²) >= 11 is 0. The third-order valence-electron chi connectivity index (χ3n) is 7.22. The Morgan fingerprint density at radius 3 is 2.90 bits per heavy atom. The van der Waals surface area contributed by atoms with Crippen molar-refractivity contribution in [3.05, 3.63) is 77.9 Å². The van der Waals surface area contributed by atoms with Gasteiger partial charge in [0.25, 0.3) is 0 Å². The molecule has 2 aliphatic rings. The van der Waals surface area contributed by atoms with E-state index in [9.17, 15) is 0 Å². The number of pyridine rings is 1. The second-order valence-corrected chi connectivity index (χ2v) is 10.2. The van der Waals surface area contributed by atoms with Crippen LogP contribution < -0.4 is 19.7 Å². The molecule has 0 saturated carbocycles. The van der Waals surface area contributed by atoms with E-state index >= 15 is 0 Å². The molecular formula is C31H34N6O3. The Labute approximate surface area is 234 Å². The van der Waals surface area contributed by atoms with Crippen molar-refractivity contribution < 1.29 is 14.2 Å². The quantitative estimate of drug-likeness (QED) is 0.247. The summed E-state index contributed by atoms with van der Waals surface area (Å²) in [5, 5.41) is 3.52. The van der Waals surface area contributed by atoms with Gasteiger partial charge in [-0.1, -0.05) is 13.0 Å². The van der Waals surface area contributed by atoms with Crippen molar-refractivity contribution in [2.75, 3.05) is 36.6 Å². The minimum Gasteiger partial charge on any atom is -0.487 e. The lowest BCUT2D eigenvalue weighted by Crippen LogP contribution is -2.51. The predicted molar refractivity (Wildman–Crippen MR) is 158 cm³/mol. The van der Waals surface area contributed by atoms with Crippen molar-refractivity contribution in [1.29, 1.82) is 0 Å². The molecule has 0 bridgehead atoms. The van der Waals surface area contributed by atoms with E-state index in [2.05, 4.69) is 34.3 Å². The van der Waals surface area contributed by atoms with Gasteiger partial charge in [0.2, 0.25) is 0 Å². The highest BCUT2D eigenvalue weighted by Gasteiger charge is 2.32. The predicted octanol–water partition coefficient (Wildman–Crippen LogP) is 5.76. The number of hydrogen-bond donors (Lipinski definition) is 1. The molecular weight excluding hydrogens is 504 g/mol. The molecule has 1 fully saturated rings. The fourth-order valence-corrected chi connectivity index (χ4v) is 5.06. The van der Waals surface area contributed by atoms with Crippen LogP contribution in [0.15, 0.2) is 66.1 Å². The van der Waals surface area contributed by atoms with Crippen LogP contribution in [0.3, 0.4) is 0 Å². The van der Waals surface area contributed by atoms with Gasteiger partial charge in [0.1, 0.15) is 23.8 Å². The van der Waals surface area contributed by atoms with Crippen molar-refractivity contribution in [3.8, 4) is 17.2 Å². The molecule has 1 atom stereocenters. The van der Waals surface area contributed by atoms with E-state index in [4.69, 9.17) is 24.2 Å². The summed E-state index contributed by atoms with van der Waals surface area (Å²) in [5.74, 6) is 3.86.